The van der Waals surface area contributed by atoms with Gasteiger partial charge in [0.2, 0.25) is 5.91 Å². The Morgan fingerprint density at radius 2 is 2.22 bits per heavy atom. The molecule has 0 atom stereocenters. The molecular formula is C5H11IN2O. The first-order valence-corrected chi connectivity index (χ1v) is 3.80. The van der Waals surface area contributed by atoms with Gasteiger partial charge < -0.3 is 4.90 Å². The van der Waals surface area contributed by atoms with Crippen LogP contribution in [-0.2, 0) is 4.79 Å². The molecule has 0 bridgehead atoms. The van der Waals surface area contributed by atoms with Gasteiger partial charge in [0.25, 0.3) is 0 Å². The fourth-order valence-electron chi connectivity index (χ4n) is 0.378. The third-order valence-corrected chi connectivity index (χ3v) is 1.47. The molecule has 1 N–H and O–H groups in total. The third-order valence-electron chi connectivity index (χ3n) is 0.932. The summed E-state index contributed by atoms with van der Waals surface area (Å²) < 4.78 is 2.88. The Balaban J connectivity index is 3.28. The lowest BCUT2D eigenvalue weighted by Crippen LogP contribution is -2.23. The summed E-state index contributed by atoms with van der Waals surface area (Å²) in [6.45, 7) is 0.748. The first-order valence-electron chi connectivity index (χ1n) is 2.72. The quantitative estimate of drug-likeness (QED) is 0.574. The number of rotatable bonds is 3. The molecule has 0 radical (unpaired) electrons. The monoisotopic (exact) mass is 242 g/mol. The Kier molecular flexibility index (Phi) is 5.07. The van der Waals surface area contributed by atoms with E-state index in [1.54, 1.807) is 19.0 Å². The zero-order valence-electron chi connectivity index (χ0n) is 5.65. The van der Waals surface area contributed by atoms with Gasteiger partial charge in [0.05, 0.1) is 0 Å². The Hall–Kier alpha value is 0.160. The minimum atomic E-state index is 0.166. The Morgan fingerprint density at radius 3 is 2.56 bits per heavy atom. The highest BCUT2D eigenvalue weighted by Gasteiger charge is 2.00. The standard InChI is InChI=1S/C5H11IN2O/c1-8(2)5(9)3-4-7-6/h7H,3-4H2,1-2H3. The van der Waals surface area contributed by atoms with Gasteiger partial charge in [-0.3, -0.25) is 8.32 Å². The number of carbonyl (C=O) groups excluding carboxylic acids is 1. The van der Waals surface area contributed by atoms with Crippen LogP contribution in [0.4, 0.5) is 0 Å². The van der Waals surface area contributed by atoms with E-state index in [0.29, 0.717) is 6.42 Å². The van der Waals surface area contributed by atoms with Crippen LogP contribution in [0, 0.1) is 0 Å². The highest BCUT2D eigenvalue weighted by Crippen LogP contribution is 1.85. The lowest BCUT2D eigenvalue weighted by Gasteiger charge is -2.08. The van der Waals surface area contributed by atoms with E-state index in [2.05, 4.69) is 3.53 Å². The Bertz CT molecular complexity index is 95.0. The molecule has 0 aromatic carbocycles. The summed E-state index contributed by atoms with van der Waals surface area (Å²) in [7, 11) is 3.52. The summed E-state index contributed by atoms with van der Waals surface area (Å²) in [5.74, 6) is 0.166. The van der Waals surface area contributed by atoms with E-state index >= 15 is 0 Å². The molecule has 1 amide bonds. The minimum Gasteiger partial charge on any atom is -0.349 e. The SMILES string of the molecule is CN(C)C(=O)CCNI. The first-order chi connectivity index (χ1) is 4.18. The number of hydrogen-bond acceptors (Lipinski definition) is 2. The summed E-state index contributed by atoms with van der Waals surface area (Å²) >= 11 is 2.02. The number of nitrogens with one attached hydrogen (secondary N) is 1. The van der Waals surface area contributed by atoms with Crippen molar-refractivity contribution in [1.82, 2.24) is 8.43 Å². The van der Waals surface area contributed by atoms with Crippen LogP contribution >= 0.6 is 22.9 Å². The van der Waals surface area contributed by atoms with Gasteiger partial charge in [0.15, 0.2) is 0 Å². The first kappa shape index (κ1) is 9.16. The van der Waals surface area contributed by atoms with Gasteiger partial charge in [0, 0.05) is 49.9 Å². The molecule has 54 valence electrons. The predicted octanol–water partition coefficient (Wildman–Crippen LogP) is 0.404. The molecule has 0 heterocycles. The number of nitrogens with zero attached hydrogens (tertiary/aromatic N) is 1. The van der Waals surface area contributed by atoms with Crippen molar-refractivity contribution in [2.75, 3.05) is 20.6 Å². The number of carbonyl (C=O) groups is 1. The maximum Gasteiger partial charge on any atom is 0.223 e. The molecule has 0 saturated carbocycles. The number of hydrogen-bond donors (Lipinski definition) is 1. The molecule has 0 rings (SSSR count). The lowest BCUT2D eigenvalue weighted by atomic mass is 10.4. The molecule has 0 aliphatic carbocycles. The van der Waals surface area contributed by atoms with Crippen LogP contribution in [0.3, 0.4) is 0 Å². The van der Waals surface area contributed by atoms with Crippen LogP contribution in [0.15, 0.2) is 0 Å². The molecule has 0 fully saturated rings. The fourth-order valence-corrected chi connectivity index (χ4v) is 0.647. The summed E-state index contributed by atoms with van der Waals surface area (Å²) in [5.41, 5.74) is 0. The van der Waals surface area contributed by atoms with E-state index in [1.807, 2.05) is 22.9 Å². The topological polar surface area (TPSA) is 32.3 Å². The van der Waals surface area contributed by atoms with Gasteiger partial charge in [-0.2, -0.15) is 0 Å². The van der Waals surface area contributed by atoms with E-state index in [0.717, 1.165) is 6.54 Å². The maximum atomic E-state index is 10.8. The number of amides is 1. The second kappa shape index (κ2) is 4.99. The predicted molar refractivity (Wildman–Crippen MR) is 45.3 cm³/mol. The highest BCUT2D eigenvalue weighted by molar-refractivity contribution is 14.1. The van der Waals surface area contributed by atoms with E-state index < -0.39 is 0 Å². The largest absolute Gasteiger partial charge is 0.349 e. The van der Waals surface area contributed by atoms with Crippen LogP contribution in [0.1, 0.15) is 6.42 Å². The summed E-state index contributed by atoms with van der Waals surface area (Å²) in [6.07, 6.45) is 0.579. The molecule has 0 aromatic heterocycles. The van der Waals surface area contributed by atoms with Crippen molar-refractivity contribution in [1.29, 1.82) is 0 Å². The zero-order valence-corrected chi connectivity index (χ0v) is 7.81. The van der Waals surface area contributed by atoms with E-state index in [4.69, 9.17) is 0 Å². The smallest absolute Gasteiger partial charge is 0.223 e. The van der Waals surface area contributed by atoms with Crippen molar-refractivity contribution in [3.63, 3.8) is 0 Å². The van der Waals surface area contributed by atoms with Crippen molar-refractivity contribution in [2.24, 2.45) is 0 Å². The molecule has 4 heteroatoms. The Morgan fingerprint density at radius 1 is 1.67 bits per heavy atom. The van der Waals surface area contributed by atoms with Crippen molar-refractivity contribution in [3.05, 3.63) is 0 Å². The van der Waals surface area contributed by atoms with Crippen LogP contribution in [0.25, 0.3) is 0 Å². The summed E-state index contributed by atoms with van der Waals surface area (Å²) in [5, 5.41) is 0. The van der Waals surface area contributed by atoms with Crippen molar-refractivity contribution in [2.45, 2.75) is 6.42 Å². The summed E-state index contributed by atoms with van der Waals surface area (Å²) in [4.78, 5) is 12.4. The molecule has 0 aliphatic rings. The average Bonchev–Trinajstić information content (AvgIpc) is 1.82. The van der Waals surface area contributed by atoms with Crippen LogP contribution in [0.2, 0.25) is 0 Å². The molecule has 0 saturated heterocycles. The molecule has 0 spiro atoms. The number of halogens is 1. The second-order valence-corrected chi connectivity index (χ2v) is 2.68. The van der Waals surface area contributed by atoms with Gasteiger partial charge in [-0.1, -0.05) is 0 Å². The van der Waals surface area contributed by atoms with Crippen molar-refractivity contribution in [3.8, 4) is 0 Å². The van der Waals surface area contributed by atoms with Crippen molar-refractivity contribution >= 4 is 28.8 Å². The molecule has 0 aromatic rings. The van der Waals surface area contributed by atoms with E-state index in [1.165, 1.54) is 0 Å². The van der Waals surface area contributed by atoms with Crippen LogP contribution < -0.4 is 3.53 Å². The van der Waals surface area contributed by atoms with Gasteiger partial charge in [-0.05, 0) is 0 Å². The van der Waals surface area contributed by atoms with Gasteiger partial charge in [-0.15, -0.1) is 0 Å². The highest BCUT2D eigenvalue weighted by atomic mass is 127. The molecule has 9 heavy (non-hydrogen) atoms. The molecule has 0 unspecified atom stereocenters. The normalized spacial score (nSPS) is 9.22. The summed E-state index contributed by atoms with van der Waals surface area (Å²) in [6, 6.07) is 0. The zero-order chi connectivity index (χ0) is 7.28. The average molecular weight is 242 g/mol. The molecular weight excluding hydrogens is 231 g/mol. The third kappa shape index (κ3) is 4.65. The lowest BCUT2D eigenvalue weighted by molar-refractivity contribution is -0.128. The van der Waals surface area contributed by atoms with E-state index in [-0.39, 0.29) is 5.91 Å². The molecule has 3 nitrogen and oxygen atoms in total. The van der Waals surface area contributed by atoms with Crippen LogP contribution in [-0.4, -0.2) is 31.4 Å². The molecule has 0 aliphatic heterocycles. The Labute approximate surface area is 69.3 Å². The maximum absolute atomic E-state index is 10.8. The van der Waals surface area contributed by atoms with Crippen LogP contribution in [0.5, 0.6) is 0 Å². The van der Waals surface area contributed by atoms with Crippen molar-refractivity contribution < 1.29 is 4.79 Å². The second-order valence-electron chi connectivity index (χ2n) is 1.92. The van der Waals surface area contributed by atoms with Gasteiger partial charge >= 0.3 is 0 Å². The van der Waals surface area contributed by atoms with E-state index in [9.17, 15) is 4.79 Å². The van der Waals surface area contributed by atoms with Gasteiger partial charge in [-0.25, -0.2) is 0 Å². The van der Waals surface area contributed by atoms with Gasteiger partial charge in [0.1, 0.15) is 0 Å². The minimum absolute atomic E-state index is 0.166. The fraction of sp³-hybridized carbons (Fsp3) is 0.800.